The maximum atomic E-state index is 13.8. The van der Waals surface area contributed by atoms with Gasteiger partial charge in [0.1, 0.15) is 5.75 Å². The Labute approximate surface area is 179 Å². The van der Waals surface area contributed by atoms with E-state index in [1.54, 1.807) is 7.11 Å². The SMILES string of the molecule is CCCCN(CCCC)C(=O)c1c(C)c(-c2ccc(OC)cc2)nc2ccccc12. The molecule has 1 amide bonds. The van der Waals surface area contributed by atoms with Gasteiger partial charge in [0.2, 0.25) is 0 Å². The fourth-order valence-corrected chi connectivity index (χ4v) is 3.78. The van der Waals surface area contributed by atoms with E-state index in [1.807, 2.05) is 60.4 Å². The second-order valence-corrected chi connectivity index (χ2v) is 7.71. The van der Waals surface area contributed by atoms with Gasteiger partial charge in [0.05, 0.1) is 23.9 Å². The first-order chi connectivity index (χ1) is 14.6. The molecule has 3 aromatic rings. The number of benzene rings is 2. The minimum Gasteiger partial charge on any atom is -0.497 e. The highest BCUT2D eigenvalue weighted by Crippen LogP contribution is 2.31. The highest BCUT2D eigenvalue weighted by atomic mass is 16.5. The molecule has 30 heavy (non-hydrogen) atoms. The molecule has 0 aliphatic heterocycles. The van der Waals surface area contributed by atoms with Crippen LogP contribution < -0.4 is 4.74 Å². The molecule has 0 saturated heterocycles. The Hall–Kier alpha value is -2.88. The molecule has 2 aromatic carbocycles. The highest BCUT2D eigenvalue weighted by Gasteiger charge is 2.23. The van der Waals surface area contributed by atoms with Gasteiger partial charge in [-0.2, -0.15) is 0 Å². The topological polar surface area (TPSA) is 42.4 Å². The van der Waals surface area contributed by atoms with Gasteiger partial charge in [-0.3, -0.25) is 4.79 Å². The maximum absolute atomic E-state index is 13.8. The average molecular weight is 405 g/mol. The van der Waals surface area contributed by atoms with E-state index in [2.05, 4.69) is 13.8 Å². The molecule has 0 unspecified atom stereocenters. The molecule has 4 heteroatoms. The lowest BCUT2D eigenvalue weighted by atomic mass is 9.96. The second-order valence-electron chi connectivity index (χ2n) is 7.71. The van der Waals surface area contributed by atoms with Crippen LogP contribution in [0.4, 0.5) is 0 Å². The van der Waals surface area contributed by atoms with Crippen LogP contribution in [0, 0.1) is 6.92 Å². The third-order valence-electron chi connectivity index (χ3n) is 5.56. The lowest BCUT2D eigenvalue weighted by Gasteiger charge is -2.25. The summed E-state index contributed by atoms with van der Waals surface area (Å²) in [5.41, 5.74) is 4.40. The monoisotopic (exact) mass is 404 g/mol. The van der Waals surface area contributed by atoms with Gasteiger partial charge in [-0.1, -0.05) is 44.9 Å². The normalized spacial score (nSPS) is 10.9. The first-order valence-electron chi connectivity index (χ1n) is 10.9. The predicted molar refractivity (Wildman–Crippen MR) is 124 cm³/mol. The summed E-state index contributed by atoms with van der Waals surface area (Å²) in [6, 6.07) is 15.8. The van der Waals surface area contributed by atoms with Gasteiger partial charge in [0, 0.05) is 24.0 Å². The van der Waals surface area contributed by atoms with Crippen LogP contribution in [0.15, 0.2) is 48.5 Å². The number of para-hydroxylation sites is 1. The third kappa shape index (κ3) is 4.64. The largest absolute Gasteiger partial charge is 0.497 e. The Kier molecular flexibility index (Phi) is 7.45. The molecule has 0 atom stereocenters. The van der Waals surface area contributed by atoms with Crippen LogP contribution in [0.3, 0.4) is 0 Å². The quantitative estimate of drug-likeness (QED) is 0.423. The van der Waals surface area contributed by atoms with Crippen molar-refractivity contribution < 1.29 is 9.53 Å². The van der Waals surface area contributed by atoms with Gasteiger partial charge in [0.25, 0.3) is 5.91 Å². The number of nitrogens with zero attached hydrogens (tertiary/aromatic N) is 2. The molecule has 0 bridgehead atoms. The van der Waals surface area contributed by atoms with Crippen molar-refractivity contribution in [2.45, 2.75) is 46.5 Å². The van der Waals surface area contributed by atoms with E-state index in [1.165, 1.54) is 0 Å². The zero-order valence-electron chi connectivity index (χ0n) is 18.6. The summed E-state index contributed by atoms with van der Waals surface area (Å²) in [5.74, 6) is 0.918. The van der Waals surface area contributed by atoms with E-state index >= 15 is 0 Å². The zero-order valence-corrected chi connectivity index (χ0v) is 18.6. The van der Waals surface area contributed by atoms with Crippen molar-refractivity contribution >= 4 is 16.8 Å². The minimum atomic E-state index is 0.114. The molecule has 3 rings (SSSR count). The lowest BCUT2D eigenvalue weighted by Crippen LogP contribution is -2.33. The fraction of sp³-hybridized carbons (Fsp3) is 0.385. The van der Waals surface area contributed by atoms with Crippen LogP contribution in [0.25, 0.3) is 22.2 Å². The molecule has 0 aliphatic rings. The van der Waals surface area contributed by atoms with Crippen LogP contribution >= 0.6 is 0 Å². The Morgan fingerprint density at radius 2 is 1.60 bits per heavy atom. The molecule has 158 valence electrons. The fourth-order valence-electron chi connectivity index (χ4n) is 3.78. The summed E-state index contributed by atoms with van der Waals surface area (Å²) >= 11 is 0. The van der Waals surface area contributed by atoms with E-state index in [-0.39, 0.29) is 5.91 Å². The van der Waals surface area contributed by atoms with Crippen LogP contribution in [-0.4, -0.2) is 36.0 Å². The number of ether oxygens (including phenoxy) is 1. The molecule has 0 spiro atoms. The second kappa shape index (κ2) is 10.2. The Morgan fingerprint density at radius 3 is 2.20 bits per heavy atom. The first-order valence-corrected chi connectivity index (χ1v) is 10.9. The van der Waals surface area contributed by atoms with Gasteiger partial charge >= 0.3 is 0 Å². The molecular formula is C26H32N2O2. The van der Waals surface area contributed by atoms with E-state index < -0.39 is 0 Å². The van der Waals surface area contributed by atoms with E-state index in [0.717, 1.165) is 77.8 Å². The summed E-state index contributed by atoms with van der Waals surface area (Å²) in [6.07, 6.45) is 4.18. The Morgan fingerprint density at radius 1 is 0.967 bits per heavy atom. The molecule has 0 fully saturated rings. The minimum absolute atomic E-state index is 0.114. The zero-order chi connectivity index (χ0) is 21.5. The number of carbonyl (C=O) groups excluding carboxylic acids is 1. The Balaban J connectivity index is 2.13. The maximum Gasteiger partial charge on any atom is 0.254 e. The molecule has 1 heterocycles. The molecule has 0 aliphatic carbocycles. The van der Waals surface area contributed by atoms with Gasteiger partial charge < -0.3 is 9.64 Å². The van der Waals surface area contributed by atoms with Gasteiger partial charge in [0.15, 0.2) is 0 Å². The summed E-state index contributed by atoms with van der Waals surface area (Å²) in [5, 5.41) is 0.926. The number of carbonyl (C=O) groups is 1. The van der Waals surface area contributed by atoms with Crippen molar-refractivity contribution in [2.24, 2.45) is 0 Å². The number of pyridine rings is 1. The number of unbranched alkanes of at least 4 members (excludes halogenated alkanes) is 2. The Bertz CT molecular complexity index is 988. The molecule has 1 aromatic heterocycles. The number of methoxy groups -OCH3 is 1. The molecule has 0 radical (unpaired) electrons. The van der Waals surface area contributed by atoms with Gasteiger partial charge in [-0.15, -0.1) is 0 Å². The van der Waals surface area contributed by atoms with Crippen LogP contribution in [-0.2, 0) is 0 Å². The average Bonchev–Trinajstić information content (AvgIpc) is 2.78. The van der Waals surface area contributed by atoms with Crippen molar-refractivity contribution in [3.63, 3.8) is 0 Å². The standard InChI is InChI=1S/C26H32N2O2/c1-5-7-17-28(18-8-6-2)26(29)24-19(3)25(20-13-15-21(30-4)16-14-20)27-23-12-10-9-11-22(23)24/h9-16H,5-8,17-18H2,1-4H3. The van der Waals surface area contributed by atoms with Crippen LogP contribution in [0.1, 0.15) is 55.5 Å². The summed E-state index contributed by atoms with van der Waals surface area (Å²) < 4.78 is 5.29. The number of hydrogen-bond donors (Lipinski definition) is 0. The summed E-state index contributed by atoms with van der Waals surface area (Å²) in [4.78, 5) is 20.7. The van der Waals surface area contributed by atoms with Crippen molar-refractivity contribution in [1.29, 1.82) is 0 Å². The molecule has 0 saturated carbocycles. The summed E-state index contributed by atoms with van der Waals surface area (Å²) in [6.45, 7) is 7.94. The lowest BCUT2D eigenvalue weighted by molar-refractivity contribution is 0.0752. The molecular weight excluding hydrogens is 372 g/mol. The summed E-state index contributed by atoms with van der Waals surface area (Å²) in [7, 11) is 1.66. The van der Waals surface area contributed by atoms with Gasteiger partial charge in [-0.05, 0) is 55.7 Å². The smallest absolute Gasteiger partial charge is 0.254 e. The number of fused-ring (bicyclic) bond motifs is 1. The van der Waals surface area contributed by atoms with E-state index in [0.29, 0.717) is 0 Å². The number of amides is 1. The number of rotatable bonds is 9. The number of hydrogen-bond acceptors (Lipinski definition) is 3. The molecule has 4 nitrogen and oxygen atoms in total. The first kappa shape index (κ1) is 21.8. The van der Waals surface area contributed by atoms with Crippen molar-refractivity contribution in [3.05, 3.63) is 59.7 Å². The van der Waals surface area contributed by atoms with Crippen LogP contribution in [0.5, 0.6) is 5.75 Å². The van der Waals surface area contributed by atoms with E-state index in [9.17, 15) is 4.79 Å². The van der Waals surface area contributed by atoms with Crippen molar-refractivity contribution in [3.8, 4) is 17.0 Å². The van der Waals surface area contributed by atoms with Gasteiger partial charge in [-0.25, -0.2) is 4.98 Å². The number of aromatic nitrogens is 1. The predicted octanol–water partition coefficient (Wildman–Crippen LogP) is 6.26. The van der Waals surface area contributed by atoms with Crippen molar-refractivity contribution in [2.75, 3.05) is 20.2 Å². The van der Waals surface area contributed by atoms with Crippen molar-refractivity contribution in [1.82, 2.24) is 9.88 Å². The van der Waals surface area contributed by atoms with Crippen LogP contribution in [0.2, 0.25) is 0 Å². The van der Waals surface area contributed by atoms with E-state index in [4.69, 9.17) is 9.72 Å². The molecule has 0 N–H and O–H groups in total. The highest BCUT2D eigenvalue weighted by molar-refractivity contribution is 6.08. The third-order valence-corrected chi connectivity index (χ3v) is 5.56.